The van der Waals surface area contributed by atoms with E-state index in [1.165, 1.54) is 0 Å². The van der Waals surface area contributed by atoms with E-state index in [2.05, 4.69) is 15.5 Å². The van der Waals surface area contributed by atoms with Gasteiger partial charge in [0.05, 0.1) is 16.8 Å². The van der Waals surface area contributed by atoms with Gasteiger partial charge >= 0.3 is 0 Å². The van der Waals surface area contributed by atoms with E-state index in [9.17, 15) is 9.90 Å². The van der Waals surface area contributed by atoms with Crippen molar-refractivity contribution in [3.63, 3.8) is 0 Å². The van der Waals surface area contributed by atoms with Crippen molar-refractivity contribution in [2.45, 2.75) is 25.0 Å². The molecule has 20 heavy (non-hydrogen) atoms. The SMILES string of the molecule is CNC1C(=O)Nc2cc(N3CCCC(O)C3)c(Cl)cc21. The summed E-state index contributed by atoms with van der Waals surface area (Å²) < 4.78 is 0. The normalized spacial score (nSPS) is 25.6. The predicted octanol–water partition coefficient (Wildman–Crippen LogP) is 1.51. The fourth-order valence-corrected chi connectivity index (χ4v) is 3.26. The average molecular weight is 296 g/mol. The van der Waals surface area contributed by atoms with E-state index in [1.807, 2.05) is 12.1 Å². The van der Waals surface area contributed by atoms with Crippen molar-refractivity contribution in [1.82, 2.24) is 5.32 Å². The number of rotatable bonds is 2. The lowest BCUT2D eigenvalue weighted by molar-refractivity contribution is -0.117. The number of carbonyl (C=O) groups excluding carboxylic acids is 1. The third-order valence-electron chi connectivity index (χ3n) is 3.98. The first-order chi connectivity index (χ1) is 9.60. The van der Waals surface area contributed by atoms with E-state index in [1.54, 1.807) is 7.05 Å². The summed E-state index contributed by atoms with van der Waals surface area (Å²) in [5, 5.41) is 16.2. The van der Waals surface area contributed by atoms with Crippen LogP contribution in [0.1, 0.15) is 24.4 Å². The highest BCUT2D eigenvalue weighted by atomic mass is 35.5. The van der Waals surface area contributed by atoms with Crippen molar-refractivity contribution in [3.05, 3.63) is 22.7 Å². The summed E-state index contributed by atoms with van der Waals surface area (Å²) in [7, 11) is 1.75. The van der Waals surface area contributed by atoms with Crippen molar-refractivity contribution in [2.75, 3.05) is 30.4 Å². The molecule has 2 aliphatic heterocycles. The van der Waals surface area contributed by atoms with Crippen molar-refractivity contribution in [2.24, 2.45) is 0 Å². The number of carbonyl (C=O) groups is 1. The molecule has 1 fully saturated rings. The van der Waals surface area contributed by atoms with Crippen LogP contribution in [0.2, 0.25) is 5.02 Å². The van der Waals surface area contributed by atoms with E-state index < -0.39 is 0 Å². The molecule has 0 bridgehead atoms. The molecule has 2 heterocycles. The van der Waals surface area contributed by atoms with Crippen LogP contribution in [0.5, 0.6) is 0 Å². The van der Waals surface area contributed by atoms with Crippen LogP contribution in [0, 0.1) is 0 Å². The molecule has 0 aromatic heterocycles. The van der Waals surface area contributed by atoms with Gasteiger partial charge in [-0.15, -0.1) is 0 Å². The fraction of sp³-hybridized carbons (Fsp3) is 0.500. The maximum atomic E-state index is 11.8. The van der Waals surface area contributed by atoms with Gasteiger partial charge < -0.3 is 20.6 Å². The Kier molecular flexibility index (Phi) is 3.58. The molecule has 3 N–H and O–H groups in total. The van der Waals surface area contributed by atoms with E-state index in [-0.39, 0.29) is 18.1 Å². The number of nitrogens with one attached hydrogen (secondary N) is 2. The molecule has 108 valence electrons. The zero-order valence-electron chi connectivity index (χ0n) is 11.3. The molecular weight excluding hydrogens is 278 g/mol. The van der Waals surface area contributed by atoms with Crippen LogP contribution >= 0.6 is 11.6 Å². The second kappa shape index (κ2) is 5.24. The number of benzene rings is 1. The van der Waals surface area contributed by atoms with Crippen LogP contribution in [-0.4, -0.2) is 37.3 Å². The first kappa shape index (κ1) is 13.7. The number of hydrogen-bond acceptors (Lipinski definition) is 4. The Morgan fingerprint density at radius 2 is 2.30 bits per heavy atom. The molecule has 0 radical (unpaired) electrons. The van der Waals surface area contributed by atoms with E-state index in [4.69, 9.17) is 11.6 Å². The molecule has 2 unspecified atom stereocenters. The van der Waals surface area contributed by atoms with Crippen molar-refractivity contribution in [1.29, 1.82) is 0 Å². The Bertz CT molecular complexity index is 549. The molecule has 1 saturated heterocycles. The molecule has 6 heteroatoms. The Labute approximate surface area is 122 Å². The average Bonchev–Trinajstić information content (AvgIpc) is 2.72. The van der Waals surface area contributed by atoms with Gasteiger partial charge in [0.25, 0.3) is 0 Å². The van der Waals surface area contributed by atoms with Crippen LogP contribution < -0.4 is 15.5 Å². The van der Waals surface area contributed by atoms with Gasteiger partial charge in [0.2, 0.25) is 5.91 Å². The van der Waals surface area contributed by atoms with E-state index in [0.29, 0.717) is 11.6 Å². The summed E-state index contributed by atoms with van der Waals surface area (Å²) in [6.45, 7) is 1.46. The molecule has 0 saturated carbocycles. The number of piperidine rings is 1. The van der Waals surface area contributed by atoms with Crippen molar-refractivity contribution < 1.29 is 9.90 Å². The molecule has 2 atom stereocenters. The Hall–Kier alpha value is -1.30. The van der Waals surface area contributed by atoms with Gasteiger partial charge in [-0.1, -0.05) is 11.6 Å². The molecule has 0 aliphatic carbocycles. The van der Waals surface area contributed by atoms with Crippen LogP contribution in [0.4, 0.5) is 11.4 Å². The smallest absolute Gasteiger partial charge is 0.246 e. The summed E-state index contributed by atoms with van der Waals surface area (Å²) in [6, 6.07) is 3.40. The highest BCUT2D eigenvalue weighted by Crippen LogP contribution is 2.39. The number of likely N-dealkylation sites (N-methyl/N-ethyl adjacent to an activating group) is 1. The molecule has 5 nitrogen and oxygen atoms in total. The standard InChI is InChI=1S/C14H18ClN3O2/c1-16-13-9-5-10(15)12(6-11(9)17-14(13)20)18-4-2-3-8(19)7-18/h5-6,8,13,16,19H,2-4,7H2,1H3,(H,17,20). The van der Waals surface area contributed by atoms with Gasteiger partial charge in [0, 0.05) is 24.3 Å². The van der Waals surface area contributed by atoms with Gasteiger partial charge in [0.15, 0.2) is 0 Å². The minimum Gasteiger partial charge on any atom is -0.391 e. The zero-order valence-corrected chi connectivity index (χ0v) is 12.1. The number of fused-ring (bicyclic) bond motifs is 1. The monoisotopic (exact) mass is 295 g/mol. The molecular formula is C14H18ClN3O2. The summed E-state index contributed by atoms with van der Waals surface area (Å²) in [6.07, 6.45) is 1.46. The molecule has 3 rings (SSSR count). The second-order valence-electron chi connectivity index (χ2n) is 5.34. The largest absolute Gasteiger partial charge is 0.391 e. The minimum absolute atomic E-state index is 0.0607. The minimum atomic E-state index is -0.344. The van der Waals surface area contributed by atoms with E-state index >= 15 is 0 Å². The summed E-state index contributed by atoms with van der Waals surface area (Å²) in [5.74, 6) is -0.0607. The van der Waals surface area contributed by atoms with Crippen LogP contribution in [-0.2, 0) is 4.79 Å². The van der Waals surface area contributed by atoms with Crippen molar-refractivity contribution in [3.8, 4) is 0 Å². The van der Waals surface area contributed by atoms with Crippen molar-refractivity contribution >= 4 is 28.9 Å². The van der Waals surface area contributed by atoms with Gasteiger partial charge in [-0.2, -0.15) is 0 Å². The van der Waals surface area contributed by atoms with Crippen LogP contribution in [0.15, 0.2) is 12.1 Å². The third kappa shape index (κ3) is 2.26. The third-order valence-corrected chi connectivity index (χ3v) is 4.28. The number of anilines is 2. The lowest BCUT2D eigenvalue weighted by Gasteiger charge is -2.32. The number of β-amino-alcohol motifs (C(OH)–C–C–N with tert-alkyl or cyclic N) is 1. The first-order valence-corrected chi connectivity index (χ1v) is 7.22. The first-order valence-electron chi connectivity index (χ1n) is 6.84. The molecule has 1 aromatic rings. The summed E-state index contributed by atoms with van der Waals surface area (Å²) >= 11 is 6.37. The lowest BCUT2D eigenvalue weighted by atomic mass is 10.0. The maximum Gasteiger partial charge on any atom is 0.246 e. The number of aliphatic hydroxyl groups excluding tert-OH is 1. The number of hydrogen-bond donors (Lipinski definition) is 3. The van der Waals surface area contributed by atoms with E-state index in [0.717, 1.165) is 36.3 Å². The van der Waals surface area contributed by atoms with Crippen LogP contribution in [0.25, 0.3) is 0 Å². The quantitative estimate of drug-likeness (QED) is 0.774. The molecule has 0 spiro atoms. The Morgan fingerprint density at radius 1 is 1.50 bits per heavy atom. The van der Waals surface area contributed by atoms with Gasteiger partial charge in [-0.25, -0.2) is 0 Å². The molecule has 2 aliphatic rings. The number of aliphatic hydroxyl groups is 1. The zero-order chi connectivity index (χ0) is 14.3. The molecule has 1 amide bonds. The van der Waals surface area contributed by atoms with Gasteiger partial charge in [-0.3, -0.25) is 4.79 Å². The highest BCUT2D eigenvalue weighted by molar-refractivity contribution is 6.33. The van der Waals surface area contributed by atoms with Gasteiger partial charge in [0.1, 0.15) is 6.04 Å². The molecule has 1 aromatic carbocycles. The van der Waals surface area contributed by atoms with Gasteiger partial charge in [-0.05, 0) is 32.0 Å². The predicted molar refractivity (Wildman–Crippen MR) is 79.3 cm³/mol. The lowest BCUT2D eigenvalue weighted by Crippen LogP contribution is -2.38. The highest BCUT2D eigenvalue weighted by Gasteiger charge is 2.31. The topological polar surface area (TPSA) is 64.6 Å². The summed E-state index contributed by atoms with van der Waals surface area (Å²) in [5.41, 5.74) is 2.55. The fourth-order valence-electron chi connectivity index (χ4n) is 2.97. The Balaban J connectivity index is 1.95. The maximum absolute atomic E-state index is 11.8. The second-order valence-corrected chi connectivity index (χ2v) is 5.75. The number of halogens is 1. The Morgan fingerprint density at radius 3 is 3.00 bits per heavy atom. The van der Waals surface area contributed by atoms with Crippen LogP contribution in [0.3, 0.4) is 0 Å². The number of amides is 1. The summed E-state index contributed by atoms with van der Waals surface area (Å²) in [4.78, 5) is 13.9. The number of nitrogens with zero attached hydrogens (tertiary/aromatic N) is 1.